The van der Waals surface area contributed by atoms with Crippen LogP contribution < -0.4 is 0 Å². The SMILES string of the molecule is Ic1ccc2c(c1)I=CI=C2. The molecule has 0 aromatic heterocycles. The molecule has 1 aliphatic heterocycles. The van der Waals surface area contributed by atoms with E-state index in [1.807, 2.05) is 0 Å². The first-order valence-electron chi connectivity index (χ1n) is 3.06. The van der Waals surface area contributed by atoms with Crippen molar-refractivity contribution in [3.05, 3.63) is 30.9 Å². The number of benzene rings is 1. The number of halogens is 3. The summed E-state index contributed by atoms with van der Waals surface area (Å²) in [6.45, 7) is 0. The Labute approximate surface area is 99.4 Å². The number of hydrogen-bond donors (Lipinski definition) is 0. The first-order chi connectivity index (χ1) is 5.36. The zero-order valence-corrected chi connectivity index (χ0v) is 12.0. The minimum Gasteiger partial charge on any atom is -0.0867 e. The summed E-state index contributed by atoms with van der Waals surface area (Å²) < 4.78 is 7.95. The maximum atomic E-state index is 2.54. The third-order valence-electron chi connectivity index (χ3n) is 1.35. The highest BCUT2D eigenvalue weighted by Crippen LogP contribution is 2.24. The van der Waals surface area contributed by atoms with Crippen LogP contribution in [0.4, 0.5) is 0 Å². The molecule has 0 aliphatic carbocycles. The van der Waals surface area contributed by atoms with Gasteiger partial charge in [-0.05, 0) is 44.3 Å². The van der Waals surface area contributed by atoms with Gasteiger partial charge >= 0.3 is 0 Å². The third-order valence-corrected chi connectivity index (χ3v) is 8.57. The van der Waals surface area contributed by atoms with Gasteiger partial charge in [0.15, 0.2) is 0 Å². The topological polar surface area (TPSA) is 0 Å². The molecule has 0 saturated carbocycles. The summed E-state index contributed by atoms with van der Waals surface area (Å²) in [5, 5.41) is 0. The molecule has 0 N–H and O–H groups in total. The normalized spacial score (nSPS) is 14.6. The Morgan fingerprint density at radius 3 is 3.09 bits per heavy atom. The molecule has 3 heteroatoms. The molecule has 0 amide bonds. The van der Waals surface area contributed by atoms with Crippen molar-refractivity contribution in [3.8, 4) is 0 Å². The molecule has 0 atom stereocenters. The largest absolute Gasteiger partial charge is 0.0867 e. The maximum absolute atomic E-state index is 2.54. The van der Waals surface area contributed by atoms with E-state index < -0.39 is 0 Å². The van der Waals surface area contributed by atoms with Crippen LogP contribution in [0.3, 0.4) is 0 Å². The van der Waals surface area contributed by atoms with Crippen molar-refractivity contribution >= 4 is 70.1 Å². The Bertz CT molecular complexity index is 339. The van der Waals surface area contributed by atoms with Gasteiger partial charge in [0.2, 0.25) is 0 Å². The van der Waals surface area contributed by atoms with Crippen LogP contribution in [0.5, 0.6) is 0 Å². The summed E-state index contributed by atoms with van der Waals surface area (Å²) in [6, 6.07) is 6.80. The van der Waals surface area contributed by atoms with Gasteiger partial charge in [0.05, 0.1) is 0 Å². The monoisotopic (exact) mass is 482 g/mol. The highest BCUT2D eigenvalue weighted by molar-refractivity contribution is 14.3. The van der Waals surface area contributed by atoms with Crippen molar-refractivity contribution in [2.24, 2.45) is 0 Å². The van der Waals surface area contributed by atoms with Crippen LogP contribution in [0.25, 0.3) is 0 Å². The second-order valence-corrected chi connectivity index (χ2v) is 10.1. The first-order valence-corrected chi connectivity index (χ1v) is 8.95. The molecule has 1 aromatic rings. The summed E-state index contributed by atoms with van der Waals surface area (Å²) in [5.74, 6) is 0. The lowest BCUT2D eigenvalue weighted by Crippen LogP contribution is -1.88. The van der Waals surface area contributed by atoms with E-state index in [9.17, 15) is 0 Å². The lowest BCUT2D eigenvalue weighted by Gasteiger charge is -2.02. The smallest absolute Gasteiger partial charge is 0.0168 e. The van der Waals surface area contributed by atoms with Crippen LogP contribution in [0.15, 0.2) is 18.2 Å². The lowest BCUT2D eigenvalue weighted by atomic mass is 10.2. The second-order valence-electron chi connectivity index (χ2n) is 2.09. The average Bonchev–Trinajstić information content (AvgIpc) is 2.04. The van der Waals surface area contributed by atoms with E-state index in [0.717, 1.165) is 0 Å². The maximum Gasteiger partial charge on any atom is 0.0168 e. The summed E-state index contributed by atoms with van der Waals surface area (Å²) >= 11 is 2.96. The summed E-state index contributed by atoms with van der Waals surface area (Å²) in [7, 11) is 0. The fourth-order valence-corrected chi connectivity index (χ4v) is 8.72. The highest BCUT2D eigenvalue weighted by Gasteiger charge is 1.99. The fraction of sp³-hybridized carbons (Fsp3) is 0. The highest BCUT2D eigenvalue weighted by atomic mass is 127. The van der Waals surface area contributed by atoms with Gasteiger partial charge in [0.1, 0.15) is 0 Å². The van der Waals surface area contributed by atoms with Gasteiger partial charge in [-0.15, -0.1) is 0 Å². The lowest BCUT2D eigenvalue weighted by molar-refractivity contribution is 1.57. The van der Waals surface area contributed by atoms with E-state index in [2.05, 4.69) is 46.8 Å². The van der Waals surface area contributed by atoms with Gasteiger partial charge in [-0.2, -0.15) is 0 Å². The molecule has 1 aromatic carbocycles. The van der Waals surface area contributed by atoms with Gasteiger partial charge in [0, 0.05) is 9.16 Å². The fourth-order valence-electron chi connectivity index (χ4n) is 0.844. The van der Waals surface area contributed by atoms with Crippen molar-refractivity contribution < 1.29 is 0 Å². The van der Waals surface area contributed by atoms with E-state index in [4.69, 9.17) is 0 Å². The van der Waals surface area contributed by atoms with E-state index in [0.29, 0.717) is 20.7 Å². The minimum absolute atomic E-state index is 0.266. The molecule has 1 aliphatic rings. The number of hydrogen-bond acceptors (Lipinski definition) is 0. The van der Waals surface area contributed by atoms with E-state index >= 15 is 0 Å². The molecule has 0 unspecified atom stereocenters. The van der Waals surface area contributed by atoms with Gasteiger partial charge in [-0.25, -0.2) is 0 Å². The number of rotatable bonds is 0. The van der Waals surface area contributed by atoms with Crippen LogP contribution in [-0.2, 0) is 0 Å². The van der Waals surface area contributed by atoms with Crippen LogP contribution in [-0.4, -0.2) is 6.03 Å². The van der Waals surface area contributed by atoms with E-state index in [1.165, 1.54) is 9.13 Å². The second kappa shape index (κ2) is 3.91. The molecule has 1 heterocycles. The van der Waals surface area contributed by atoms with Crippen LogP contribution >= 0.6 is 64.1 Å². The van der Waals surface area contributed by atoms with Crippen molar-refractivity contribution in [1.82, 2.24) is 0 Å². The summed E-state index contributed by atoms with van der Waals surface area (Å²) in [4.78, 5) is 0. The predicted molar refractivity (Wildman–Crippen MR) is 77.1 cm³/mol. The molecule has 0 spiro atoms. The van der Waals surface area contributed by atoms with Gasteiger partial charge in [-0.3, -0.25) is 0 Å². The Kier molecular flexibility index (Phi) is 3.10. The summed E-state index contributed by atoms with van der Waals surface area (Å²) in [5.41, 5.74) is 1.52. The zero-order chi connectivity index (χ0) is 7.68. The Morgan fingerprint density at radius 2 is 2.18 bits per heavy atom. The number of fused-ring (bicyclic) bond motifs is 1. The van der Waals surface area contributed by atoms with E-state index in [1.54, 1.807) is 3.57 Å². The molecular formula is C8H5I3. The summed E-state index contributed by atoms with van der Waals surface area (Å²) in [6.07, 6.45) is 0. The van der Waals surface area contributed by atoms with Crippen LogP contribution in [0.1, 0.15) is 5.56 Å². The zero-order valence-electron chi connectivity index (χ0n) is 5.52. The standard InChI is InChI=1S/C8H5I3/c9-7-2-1-6-4-10-5-11-8(6)3-7/h1-5H. The van der Waals surface area contributed by atoms with E-state index in [-0.39, 0.29) is 20.7 Å². The van der Waals surface area contributed by atoms with Gasteiger partial charge in [-0.1, -0.05) is 47.5 Å². The Morgan fingerprint density at radius 1 is 1.27 bits per heavy atom. The average molecular weight is 482 g/mol. The van der Waals surface area contributed by atoms with Crippen molar-refractivity contribution in [1.29, 1.82) is 0 Å². The minimum atomic E-state index is 0.266. The molecule has 0 radical (unpaired) electrons. The van der Waals surface area contributed by atoms with Crippen molar-refractivity contribution in [2.45, 2.75) is 0 Å². The Hall–Kier alpha value is 1.15. The molecule has 0 bridgehead atoms. The quantitative estimate of drug-likeness (QED) is 0.499. The molecule has 11 heavy (non-hydrogen) atoms. The van der Waals surface area contributed by atoms with Crippen molar-refractivity contribution in [2.75, 3.05) is 0 Å². The Balaban J connectivity index is 2.63. The first kappa shape index (κ1) is 8.74. The van der Waals surface area contributed by atoms with Crippen molar-refractivity contribution in [3.63, 3.8) is 0 Å². The van der Waals surface area contributed by atoms with Crippen LogP contribution in [0, 0.1) is 7.14 Å². The molecule has 0 fully saturated rings. The van der Waals surface area contributed by atoms with Gasteiger partial charge < -0.3 is 0 Å². The third kappa shape index (κ3) is 2.09. The molecule has 2 rings (SSSR count). The molecular weight excluding hydrogens is 477 g/mol. The predicted octanol–water partition coefficient (Wildman–Crippen LogP) is 3.33. The molecule has 58 valence electrons. The van der Waals surface area contributed by atoms with Gasteiger partial charge in [0.25, 0.3) is 0 Å². The molecule has 0 nitrogen and oxygen atoms in total. The van der Waals surface area contributed by atoms with Crippen LogP contribution in [0.2, 0.25) is 0 Å². The molecule has 0 saturated heterocycles.